The van der Waals surface area contributed by atoms with Crippen LogP contribution in [-0.4, -0.2) is 40.8 Å². The van der Waals surface area contributed by atoms with E-state index in [4.69, 9.17) is 15.9 Å². The van der Waals surface area contributed by atoms with Crippen LogP contribution in [0.3, 0.4) is 0 Å². The van der Waals surface area contributed by atoms with Gasteiger partial charge >= 0.3 is 0 Å². The number of aromatic nitrogens is 1. The predicted octanol–water partition coefficient (Wildman–Crippen LogP) is 1.96. The van der Waals surface area contributed by atoms with Gasteiger partial charge < -0.3 is 26.1 Å². The third-order valence-electron chi connectivity index (χ3n) is 5.54. The molecule has 1 aromatic carbocycles. The van der Waals surface area contributed by atoms with Gasteiger partial charge in [-0.15, -0.1) is 0 Å². The van der Waals surface area contributed by atoms with E-state index in [2.05, 4.69) is 10.3 Å². The number of aryl methyl sites for hydroxylation is 1. The van der Waals surface area contributed by atoms with Crippen LogP contribution >= 0.6 is 0 Å². The van der Waals surface area contributed by atoms with E-state index in [-0.39, 0.29) is 11.8 Å². The van der Waals surface area contributed by atoms with Gasteiger partial charge in [0, 0.05) is 42.9 Å². The summed E-state index contributed by atoms with van der Waals surface area (Å²) in [5.41, 5.74) is 15.2. The number of carbonyl (C=O) groups is 2. The predicted molar refractivity (Wildman–Crippen MR) is 119 cm³/mol. The van der Waals surface area contributed by atoms with Crippen molar-refractivity contribution in [1.82, 2.24) is 9.88 Å². The number of nitrogens with one attached hydrogen (secondary N) is 1. The van der Waals surface area contributed by atoms with Crippen molar-refractivity contribution in [1.29, 1.82) is 0 Å². The van der Waals surface area contributed by atoms with E-state index in [9.17, 15) is 9.59 Å². The van der Waals surface area contributed by atoms with Gasteiger partial charge in [0.05, 0.1) is 0 Å². The Hall–Kier alpha value is -3.49. The van der Waals surface area contributed by atoms with Crippen molar-refractivity contribution in [3.8, 4) is 0 Å². The van der Waals surface area contributed by atoms with Crippen molar-refractivity contribution in [2.45, 2.75) is 32.0 Å². The maximum absolute atomic E-state index is 12.7. The van der Waals surface area contributed by atoms with E-state index in [0.29, 0.717) is 18.8 Å². The molecule has 0 unspecified atom stereocenters. The lowest BCUT2D eigenvalue weighted by Gasteiger charge is -2.15. The maximum Gasteiger partial charge on any atom is 0.246 e. The van der Waals surface area contributed by atoms with Crippen LogP contribution in [0.2, 0.25) is 0 Å². The van der Waals surface area contributed by atoms with E-state index in [1.54, 1.807) is 24.2 Å². The molecule has 0 bridgehead atoms. The number of hydrogen-bond acceptors (Lipinski definition) is 6. The van der Waals surface area contributed by atoms with Gasteiger partial charge in [-0.05, 0) is 42.7 Å². The first-order chi connectivity index (χ1) is 14.8. The van der Waals surface area contributed by atoms with Crippen molar-refractivity contribution in [2.24, 2.45) is 11.5 Å². The molecular weight excluding hydrogens is 394 g/mol. The normalized spacial score (nSPS) is 18.6. The number of nitrogens with two attached hydrogens (primary N) is 2. The van der Waals surface area contributed by atoms with Gasteiger partial charge in [0.1, 0.15) is 23.2 Å². The second-order valence-electron chi connectivity index (χ2n) is 7.82. The Labute approximate surface area is 179 Å². The summed E-state index contributed by atoms with van der Waals surface area (Å²) < 4.78 is 5.78. The first kappa shape index (κ1) is 20.8. The summed E-state index contributed by atoms with van der Waals surface area (Å²) in [5.74, 6) is 0.764. The highest BCUT2D eigenvalue weighted by Crippen LogP contribution is 2.26. The summed E-state index contributed by atoms with van der Waals surface area (Å²) in [7, 11) is 1.75. The number of furan rings is 1. The standard InChI is InChI=1S/C23H25N5O3/c1-13-17(16-5-3-4-6-19(16)31-13)12-28(2)20(29)8-7-14-9-15-10-18(24)21(25)23(30)27-22(15)26-11-14/h3-9,11,18,21H,10,12,24-25H2,1-2H3,(H,26,27,30)/b8-7+/t18-,21+/m1/s1. The molecule has 0 radical (unpaired) electrons. The molecule has 8 heteroatoms. The molecule has 8 nitrogen and oxygen atoms in total. The maximum atomic E-state index is 12.7. The Morgan fingerprint density at radius 3 is 2.94 bits per heavy atom. The summed E-state index contributed by atoms with van der Waals surface area (Å²) in [6.07, 6.45) is 5.22. The topological polar surface area (TPSA) is 127 Å². The number of hydrogen-bond donors (Lipinski definition) is 3. The molecule has 160 valence electrons. The molecule has 1 aliphatic rings. The molecule has 0 spiro atoms. The molecule has 0 saturated carbocycles. The van der Waals surface area contributed by atoms with Crippen LogP contribution in [0.25, 0.3) is 17.0 Å². The Bertz CT molecular complexity index is 1180. The number of benzene rings is 1. The lowest BCUT2D eigenvalue weighted by molar-refractivity contribution is -0.125. The molecule has 0 saturated heterocycles. The SMILES string of the molecule is Cc1oc2ccccc2c1CN(C)C(=O)/C=C/c1cnc2c(c1)C[C@@H](N)[C@H](N)C(=O)N2. The van der Waals surface area contributed by atoms with E-state index >= 15 is 0 Å². The molecule has 4 rings (SSSR count). The molecule has 1 aliphatic heterocycles. The zero-order valence-corrected chi connectivity index (χ0v) is 17.5. The Kier molecular flexibility index (Phi) is 5.58. The van der Waals surface area contributed by atoms with Crippen molar-refractivity contribution in [3.05, 3.63) is 65.1 Å². The third-order valence-corrected chi connectivity index (χ3v) is 5.54. The van der Waals surface area contributed by atoms with E-state index < -0.39 is 12.1 Å². The Morgan fingerprint density at radius 1 is 1.35 bits per heavy atom. The number of amides is 2. The molecule has 3 heterocycles. The number of para-hydroxylation sites is 1. The van der Waals surface area contributed by atoms with Crippen LogP contribution < -0.4 is 16.8 Å². The number of nitrogens with zero attached hydrogens (tertiary/aromatic N) is 2. The van der Waals surface area contributed by atoms with Gasteiger partial charge in [-0.25, -0.2) is 4.98 Å². The molecule has 2 amide bonds. The van der Waals surface area contributed by atoms with E-state index in [1.807, 2.05) is 37.3 Å². The van der Waals surface area contributed by atoms with Gasteiger partial charge in [-0.3, -0.25) is 9.59 Å². The Morgan fingerprint density at radius 2 is 2.13 bits per heavy atom. The number of rotatable bonds is 4. The molecule has 31 heavy (non-hydrogen) atoms. The molecule has 3 aromatic rings. The minimum atomic E-state index is -0.786. The van der Waals surface area contributed by atoms with Gasteiger partial charge in [0.2, 0.25) is 11.8 Å². The lowest BCUT2D eigenvalue weighted by Crippen LogP contribution is -2.49. The fraction of sp³-hybridized carbons (Fsp3) is 0.261. The number of carbonyl (C=O) groups excluding carboxylic acids is 2. The van der Waals surface area contributed by atoms with Crippen LogP contribution in [0, 0.1) is 6.92 Å². The summed E-state index contributed by atoms with van der Waals surface area (Å²) in [6.45, 7) is 2.34. The van der Waals surface area contributed by atoms with Crippen molar-refractivity contribution in [2.75, 3.05) is 12.4 Å². The molecule has 5 N–H and O–H groups in total. The summed E-state index contributed by atoms with van der Waals surface area (Å²) in [5, 5.41) is 3.70. The summed E-state index contributed by atoms with van der Waals surface area (Å²) >= 11 is 0. The zero-order chi connectivity index (χ0) is 22.1. The van der Waals surface area contributed by atoms with Crippen molar-refractivity contribution < 1.29 is 14.0 Å². The zero-order valence-electron chi connectivity index (χ0n) is 17.5. The third kappa shape index (κ3) is 4.21. The minimum absolute atomic E-state index is 0.147. The lowest BCUT2D eigenvalue weighted by atomic mass is 10.0. The highest BCUT2D eigenvalue weighted by Gasteiger charge is 2.27. The number of likely N-dealkylation sites (N-methyl/N-ethyl adjacent to an activating group) is 1. The first-order valence-electron chi connectivity index (χ1n) is 10.0. The van der Waals surface area contributed by atoms with Crippen LogP contribution in [-0.2, 0) is 22.6 Å². The average molecular weight is 419 g/mol. The minimum Gasteiger partial charge on any atom is -0.461 e. The largest absolute Gasteiger partial charge is 0.461 e. The van der Waals surface area contributed by atoms with Crippen molar-refractivity contribution >= 4 is 34.7 Å². The fourth-order valence-electron chi connectivity index (χ4n) is 3.69. The second-order valence-corrected chi connectivity index (χ2v) is 7.82. The first-order valence-corrected chi connectivity index (χ1v) is 10.0. The van der Waals surface area contributed by atoms with Gasteiger partial charge in [-0.1, -0.05) is 18.2 Å². The molecule has 0 aliphatic carbocycles. The van der Waals surface area contributed by atoms with Crippen LogP contribution in [0.1, 0.15) is 22.5 Å². The van der Waals surface area contributed by atoms with Crippen LogP contribution in [0.5, 0.6) is 0 Å². The van der Waals surface area contributed by atoms with Gasteiger partial charge in [-0.2, -0.15) is 0 Å². The number of pyridine rings is 1. The number of anilines is 1. The summed E-state index contributed by atoms with van der Waals surface area (Å²) in [6, 6.07) is 8.36. The fourth-order valence-corrected chi connectivity index (χ4v) is 3.69. The number of fused-ring (bicyclic) bond motifs is 2. The van der Waals surface area contributed by atoms with E-state index in [0.717, 1.165) is 33.4 Å². The molecular formula is C23H25N5O3. The van der Waals surface area contributed by atoms with Crippen LogP contribution in [0.15, 0.2) is 47.0 Å². The Balaban J connectivity index is 1.48. The molecule has 2 aromatic heterocycles. The summed E-state index contributed by atoms with van der Waals surface area (Å²) in [4.78, 5) is 30.6. The molecule has 0 fully saturated rings. The van der Waals surface area contributed by atoms with Gasteiger partial charge in [0.25, 0.3) is 0 Å². The quantitative estimate of drug-likeness (QED) is 0.555. The average Bonchev–Trinajstić information content (AvgIpc) is 3.02. The van der Waals surface area contributed by atoms with Gasteiger partial charge in [0.15, 0.2) is 0 Å². The monoisotopic (exact) mass is 419 g/mol. The second kappa shape index (κ2) is 8.33. The highest BCUT2D eigenvalue weighted by atomic mass is 16.3. The van der Waals surface area contributed by atoms with Crippen LogP contribution in [0.4, 0.5) is 5.82 Å². The van der Waals surface area contributed by atoms with Crippen molar-refractivity contribution in [3.63, 3.8) is 0 Å². The van der Waals surface area contributed by atoms with E-state index in [1.165, 1.54) is 6.08 Å². The highest BCUT2D eigenvalue weighted by molar-refractivity contribution is 5.96. The molecule has 2 atom stereocenters. The smallest absolute Gasteiger partial charge is 0.246 e.